The van der Waals surface area contributed by atoms with Gasteiger partial charge in [-0.1, -0.05) is 88.9 Å². The number of fused-ring (bicyclic) bond motifs is 2. The largest absolute Gasteiger partial charge is 0.492 e. The first-order chi connectivity index (χ1) is 24.7. The lowest BCUT2D eigenvalue weighted by Gasteiger charge is -2.48. The first-order valence-electron chi connectivity index (χ1n) is 17.5. The van der Waals surface area contributed by atoms with Crippen molar-refractivity contribution in [2.45, 2.75) is 79.9 Å². The van der Waals surface area contributed by atoms with Crippen molar-refractivity contribution in [3.63, 3.8) is 0 Å². The Balaban J connectivity index is 1.28. The number of aryl methyl sites for hydroxylation is 1. The van der Waals surface area contributed by atoms with Gasteiger partial charge in [-0.05, 0) is 109 Å². The smallest absolute Gasteiger partial charge is 0.411 e. The van der Waals surface area contributed by atoms with E-state index in [4.69, 9.17) is 55.9 Å². The SMILES string of the molecule is CC(C)(OC(=O)N1C2CNC[C@@H]1C(C(=O)N(CCc1ccccc1Cl)C1CC1)=C(c1ccc(CCCOc3cc(F)ccc3Br)cc1)C2)C(Cl)(Cl)Cl. The van der Waals surface area contributed by atoms with Crippen LogP contribution in [-0.2, 0) is 22.4 Å². The molecule has 2 bridgehead atoms. The Bertz CT molecular complexity index is 1820. The van der Waals surface area contributed by atoms with Gasteiger partial charge >= 0.3 is 6.09 Å². The Morgan fingerprint density at radius 1 is 1.02 bits per heavy atom. The second-order valence-corrected chi connectivity index (χ2v) is 17.5. The number of halogens is 6. The molecule has 1 aliphatic carbocycles. The van der Waals surface area contributed by atoms with E-state index in [1.807, 2.05) is 29.2 Å². The summed E-state index contributed by atoms with van der Waals surface area (Å²) in [7, 11) is 0. The average Bonchev–Trinajstić information content (AvgIpc) is 3.93. The van der Waals surface area contributed by atoms with Crippen LogP contribution in [0.2, 0.25) is 5.02 Å². The standard InChI is InChI=1S/C39H41BrCl4FN3O4/c1-38(2,39(42,43)44)52-37(50)48-29-21-30(25-11-9-24(10-12-25)6-5-19-51-34-20-27(45)13-16-31(34)40)35(33(48)23-46-22-29)36(49)47(28-14-15-28)18-17-26-7-3-4-8-32(26)41/h3-4,7-13,16,20,28-29,33,46H,5-6,14-15,17-19,21-23H2,1-2H3/t29?,33-/m1/s1. The molecule has 278 valence electrons. The van der Waals surface area contributed by atoms with Gasteiger partial charge in [0.15, 0.2) is 5.60 Å². The van der Waals surface area contributed by atoms with E-state index in [1.165, 1.54) is 12.1 Å². The number of amides is 2. The van der Waals surface area contributed by atoms with Crippen LogP contribution in [0, 0.1) is 5.82 Å². The van der Waals surface area contributed by atoms with Crippen LogP contribution in [0.3, 0.4) is 0 Å². The van der Waals surface area contributed by atoms with Crippen molar-refractivity contribution in [2.75, 3.05) is 26.2 Å². The first kappa shape index (κ1) is 39.2. The topological polar surface area (TPSA) is 71.1 Å². The molecule has 0 aromatic heterocycles. The minimum absolute atomic E-state index is 0.0973. The highest BCUT2D eigenvalue weighted by atomic mass is 79.9. The molecule has 2 fully saturated rings. The van der Waals surface area contributed by atoms with Crippen molar-refractivity contribution < 1.29 is 23.5 Å². The van der Waals surface area contributed by atoms with E-state index in [2.05, 4.69) is 45.5 Å². The van der Waals surface area contributed by atoms with Gasteiger partial charge in [-0.15, -0.1) is 0 Å². The number of hydrogen-bond donors (Lipinski definition) is 1. The first-order valence-corrected chi connectivity index (χ1v) is 19.8. The summed E-state index contributed by atoms with van der Waals surface area (Å²) in [6.07, 6.45) is 3.73. The number of benzene rings is 3. The normalized spacial score (nSPS) is 19.0. The van der Waals surface area contributed by atoms with Gasteiger partial charge in [-0.2, -0.15) is 0 Å². The van der Waals surface area contributed by atoms with Crippen molar-refractivity contribution >= 4 is 79.9 Å². The molecule has 2 heterocycles. The molecule has 2 atom stereocenters. The Kier molecular flexibility index (Phi) is 12.4. The number of carbonyl (C=O) groups is 2. The highest BCUT2D eigenvalue weighted by Crippen LogP contribution is 2.43. The number of piperazine rings is 1. The average molecular weight is 856 g/mol. The van der Waals surface area contributed by atoms with Crippen LogP contribution in [0.15, 0.2) is 76.8 Å². The van der Waals surface area contributed by atoms with E-state index in [0.29, 0.717) is 59.9 Å². The summed E-state index contributed by atoms with van der Waals surface area (Å²) in [5.41, 5.74) is 3.08. The number of nitrogens with one attached hydrogen (secondary N) is 1. The molecule has 13 heteroatoms. The third-order valence-corrected chi connectivity index (χ3v) is 12.3. The van der Waals surface area contributed by atoms with Crippen molar-refractivity contribution in [1.29, 1.82) is 0 Å². The van der Waals surface area contributed by atoms with Gasteiger partial charge < -0.3 is 19.7 Å². The highest BCUT2D eigenvalue weighted by Gasteiger charge is 2.50. The minimum atomic E-state index is -1.86. The second-order valence-electron chi connectivity index (χ2n) is 14.0. The van der Waals surface area contributed by atoms with E-state index >= 15 is 0 Å². The molecule has 7 nitrogen and oxygen atoms in total. The maximum absolute atomic E-state index is 14.9. The Labute approximate surface area is 332 Å². The van der Waals surface area contributed by atoms with Crippen LogP contribution in [0.25, 0.3) is 5.57 Å². The lowest BCUT2D eigenvalue weighted by molar-refractivity contribution is -0.128. The molecule has 3 aromatic carbocycles. The molecular weight excluding hydrogens is 815 g/mol. The van der Waals surface area contributed by atoms with Gasteiger partial charge in [0.05, 0.1) is 23.2 Å². The van der Waals surface area contributed by atoms with Crippen molar-refractivity contribution in [1.82, 2.24) is 15.1 Å². The molecule has 2 amide bonds. The van der Waals surface area contributed by atoms with E-state index in [9.17, 15) is 14.0 Å². The molecule has 1 saturated heterocycles. The van der Waals surface area contributed by atoms with Gasteiger partial charge in [0, 0.05) is 42.3 Å². The van der Waals surface area contributed by atoms with Gasteiger partial charge in [0.1, 0.15) is 11.6 Å². The summed E-state index contributed by atoms with van der Waals surface area (Å²) in [6, 6.07) is 19.5. The molecule has 1 unspecified atom stereocenters. The summed E-state index contributed by atoms with van der Waals surface area (Å²) < 4.78 is 24.2. The quantitative estimate of drug-likeness (QED) is 0.145. The van der Waals surface area contributed by atoms with Gasteiger partial charge in [-0.3, -0.25) is 9.69 Å². The van der Waals surface area contributed by atoms with Crippen molar-refractivity contribution in [3.8, 4) is 5.75 Å². The molecule has 1 N–H and O–H groups in total. The van der Waals surface area contributed by atoms with Crippen LogP contribution in [-0.4, -0.2) is 75.6 Å². The summed E-state index contributed by atoms with van der Waals surface area (Å²) in [5.74, 6) is 0.0219. The summed E-state index contributed by atoms with van der Waals surface area (Å²) in [4.78, 5) is 32.5. The third kappa shape index (κ3) is 9.04. The maximum Gasteiger partial charge on any atom is 0.411 e. The predicted octanol–water partition coefficient (Wildman–Crippen LogP) is 9.57. The van der Waals surface area contributed by atoms with E-state index in [0.717, 1.165) is 47.9 Å². The number of nitrogens with zero attached hydrogens (tertiary/aromatic N) is 2. The summed E-state index contributed by atoms with van der Waals surface area (Å²) >= 11 is 28.5. The summed E-state index contributed by atoms with van der Waals surface area (Å²) in [5, 5.41) is 4.11. The van der Waals surface area contributed by atoms with Gasteiger partial charge in [0.25, 0.3) is 5.91 Å². The van der Waals surface area contributed by atoms with Crippen LogP contribution in [0.4, 0.5) is 9.18 Å². The zero-order valence-corrected chi connectivity index (χ0v) is 33.6. The van der Waals surface area contributed by atoms with Gasteiger partial charge in [0.2, 0.25) is 3.79 Å². The Morgan fingerprint density at radius 3 is 2.44 bits per heavy atom. The molecule has 6 rings (SSSR count). The molecule has 1 saturated carbocycles. The van der Waals surface area contributed by atoms with Crippen molar-refractivity contribution in [3.05, 3.63) is 104 Å². The number of alkyl halides is 3. The molecular formula is C39H41BrCl4FN3O4. The second kappa shape index (κ2) is 16.5. The molecule has 2 aliphatic heterocycles. The van der Waals surface area contributed by atoms with E-state index < -0.39 is 21.5 Å². The number of rotatable bonds is 12. The molecule has 3 aromatic rings. The van der Waals surface area contributed by atoms with E-state index in [-0.39, 0.29) is 23.8 Å². The van der Waals surface area contributed by atoms with E-state index in [1.54, 1.807) is 24.8 Å². The fourth-order valence-electron chi connectivity index (χ4n) is 6.80. The lowest BCUT2D eigenvalue weighted by atomic mass is 9.81. The number of ether oxygens (including phenoxy) is 2. The van der Waals surface area contributed by atoms with Gasteiger partial charge in [-0.25, -0.2) is 9.18 Å². The Hall–Kier alpha value is -2.53. The molecule has 52 heavy (non-hydrogen) atoms. The zero-order chi connectivity index (χ0) is 37.2. The van der Waals surface area contributed by atoms with Crippen LogP contribution in [0.1, 0.15) is 56.2 Å². The zero-order valence-electron chi connectivity index (χ0n) is 28.9. The number of carbonyl (C=O) groups excluding carboxylic acids is 2. The number of hydrogen-bond acceptors (Lipinski definition) is 5. The highest BCUT2D eigenvalue weighted by molar-refractivity contribution is 9.10. The third-order valence-electron chi connectivity index (χ3n) is 9.90. The predicted molar refractivity (Wildman–Crippen MR) is 209 cm³/mol. The maximum atomic E-state index is 14.9. The van der Waals surface area contributed by atoms with Crippen LogP contribution >= 0.6 is 62.3 Å². The van der Waals surface area contributed by atoms with Crippen LogP contribution in [0.5, 0.6) is 5.75 Å². The molecule has 0 radical (unpaired) electrons. The Morgan fingerprint density at radius 2 is 1.75 bits per heavy atom. The molecule has 0 spiro atoms. The fraction of sp³-hybridized carbons (Fsp3) is 0.436. The fourth-order valence-corrected chi connectivity index (χ4v) is 7.51. The minimum Gasteiger partial charge on any atom is -0.492 e. The summed E-state index contributed by atoms with van der Waals surface area (Å²) in [6.45, 7) is 4.92. The monoisotopic (exact) mass is 853 g/mol. The van der Waals surface area contributed by atoms with Crippen molar-refractivity contribution in [2.24, 2.45) is 0 Å². The molecule has 3 aliphatic rings. The van der Waals surface area contributed by atoms with Crippen LogP contribution < -0.4 is 10.1 Å². The lowest BCUT2D eigenvalue weighted by Crippen LogP contribution is -2.64.